The summed E-state index contributed by atoms with van der Waals surface area (Å²) < 4.78 is 53.5. The van der Waals surface area contributed by atoms with Crippen molar-refractivity contribution in [1.29, 1.82) is 0 Å². The molecule has 0 radical (unpaired) electrons. The van der Waals surface area contributed by atoms with Crippen molar-refractivity contribution in [3.8, 4) is 17.2 Å². The number of hydrogen-bond donors (Lipinski definition) is 1. The van der Waals surface area contributed by atoms with Gasteiger partial charge in [0, 0.05) is 18.3 Å². The molecule has 4 rings (SSSR count). The maximum absolute atomic E-state index is 13.5. The molecule has 0 aliphatic carbocycles. The van der Waals surface area contributed by atoms with Crippen LogP contribution in [0.15, 0.2) is 30.6 Å². The first kappa shape index (κ1) is 26.1. The number of aromatic nitrogens is 5. The van der Waals surface area contributed by atoms with Crippen molar-refractivity contribution in [2.45, 2.75) is 31.1 Å². The quantitative estimate of drug-likeness (QED) is 0.432. The molecule has 3 atom stereocenters. The molecule has 1 saturated heterocycles. The first-order valence-corrected chi connectivity index (χ1v) is 13.0. The SMILES string of the molecule is COc1cccc(OC)c1-n1c(NS(=O)(=O)C(C)C(C)c2ncc(Cl)cn2)nnc1[C@@H]1COCCO1. The number of para-hydroxylation sites is 1. The van der Waals surface area contributed by atoms with Gasteiger partial charge in [0.2, 0.25) is 16.0 Å². The Morgan fingerprint density at radius 2 is 1.78 bits per heavy atom. The lowest BCUT2D eigenvalue weighted by Gasteiger charge is -2.25. The van der Waals surface area contributed by atoms with Gasteiger partial charge in [-0.2, -0.15) is 0 Å². The van der Waals surface area contributed by atoms with Gasteiger partial charge in [-0.3, -0.25) is 9.29 Å². The zero-order chi connectivity index (χ0) is 25.9. The summed E-state index contributed by atoms with van der Waals surface area (Å²) >= 11 is 5.87. The van der Waals surface area contributed by atoms with Gasteiger partial charge < -0.3 is 18.9 Å². The number of ether oxygens (including phenoxy) is 4. The molecule has 12 nitrogen and oxygen atoms in total. The molecule has 1 aliphatic rings. The van der Waals surface area contributed by atoms with E-state index >= 15 is 0 Å². The Morgan fingerprint density at radius 3 is 2.36 bits per heavy atom. The van der Waals surface area contributed by atoms with Gasteiger partial charge in [-0.05, 0) is 19.1 Å². The predicted molar refractivity (Wildman–Crippen MR) is 131 cm³/mol. The van der Waals surface area contributed by atoms with Crippen molar-refractivity contribution in [3.05, 3.63) is 47.3 Å². The summed E-state index contributed by atoms with van der Waals surface area (Å²) in [7, 11) is -0.993. The van der Waals surface area contributed by atoms with Crippen LogP contribution in [-0.4, -0.2) is 72.4 Å². The van der Waals surface area contributed by atoms with Gasteiger partial charge in [-0.15, -0.1) is 10.2 Å². The second-order valence-corrected chi connectivity index (χ2v) is 10.5. The lowest BCUT2D eigenvalue weighted by atomic mass is 10.1. The van der Waals surface area contributed by atoms with Crippen LogP contribution in [0.4, 0.5) is 5.95 Å². The second kappa shape index (κ2) is 10.9. The van der Waals surface area contributed by atoms with E-state index in [2.05, 4.69) is 24.9 Å². The summed E-state index contributed by atoms with van der Waals surface area (Å²) in [6.45, 7) is 4.32. The lowest BCUT2D eigenvalue weighted by molar-refractivity contribution is -0.0941. The highest BCUT2D eigenvalue weighted by atomic mass is 35.5. The van der Waals surface area contributed by atoms with Gasteiger partial charge >= 0.3 is 0 Å². The number of benzene rings is 1. The molecule has 1 N–H and O–H groups in total. The molecule has 0 saturated carbocycles. The average Bonchev–Trinajstić information content (AvgIpc) is 3.30. The normalized spacial score (nSPS) is 17.9. The molecule has 3 heterocycles. The monoisotopic (exact) mass is 538 g/mol. The topological polar surface area (TPSA) is 140 Å². The van der Waals surface area contributed by atoms with Crippen LogP contribution in [0.2, 0.25) is 5.02 Å². The third-order valence-corrected chi connectivity index (χ3v) is 7.94. The van der Waals surface area contributed by atoms with Gasteiger partial charge in [0.05, 0.1) is 44.3 Å². The summed E-state index contributed by atoms with van der Waals surface area (Å²) in [6.07, 6.45) is 2.27. The molecule has 1 fully saturated rings. The van der Waals surface area contributed by atoms with Crippen molar-refractivity contribution >= 4 is 27.6 Å². The van der Waals surface area contributed by atoms with Crippen LogP contribution < -0.4 is 14.2 Å². The number of nitrogens with one attached hydrogen (secondary N) is 1. The minimum absolute atomic E-state index is 0.0574. The molecule has 36 heavy (non-hydrogen) atoms. The van der Waals surface area contributed by atoms with E-state index < -0.39 is 27.3 Å². The Kier molecular flexibility index (Phi) is 7.93. The van der Waals surface area contributed by atoms with Crippen LogP contribution in [0.3, 0.4) is 0 Å². The van der Waals surface area contributed by atoms with Crippen molar-refractivity contribution in [3.63, 3.8) is 0 Å². The third kappa shape index (κ3) is 5.24. The van der Waals surface area contributed by atoms with E-state index in [1.54, 1.807) is 32.0 Å². The summed E-state index contributed by atoms with van der Waals surface area (Å²) in [5.41, 5.74) is 0.413. The maximum atomic E-state index is 13.5. The highest BCUT2D eigenvalue weighted by Crippen LogP contribution is 2.37. The zero-order valence-electron chi connectivity index (χ0n) is 20.2. The van der Waals surface area contributed by atoms with E-state index in [-0.39, 0.29) is 12.6 Å². The molecule has 14 heteroatoms. The molecule has 0 spiro atoms. The van der Waals surface area contributed by atoms with Crippen molar-refractivity contribution < 1.29 is 27.4 Å². The number of methoxy groups -OCH3 is 2. The number of anilines is 1. The highest BCUT2D eigenvalue weighted by Gasteiger charge is 2.34. The van der Waals surface area contributed by atoms with E-state index in [4.69, 9.17) is 30.5 Å². The lowest BCUT2D eigenvalue weighted by Crippen LogP contribution is -2.32. The van der Waals surface area contributed by atoms with Gasteiger partial charge in [-0.25, -0.2) is 18.4 Å². The van der Waals surface area contributed by atoms with E-state index in [1.165, 1.54) is 31.2 Å². The van der Waals surface area contributed by atoms with Crippen molar-refractivity contribution in [2.24, 2.45) is 0 Å². The summed E-state index contributed by atoms with van der Waals surface area (Å²) in [6, 6.07) is 5.20. The fraction of sp³-hybridized carbons (Fsp3) is 0.455. The van der Waals surface area contributed by atoms with E-state index in [0.717, 1.165) is 0 Å². The smallest absolute Gasteiger partial charge is 0.243 e. The van der Waals surface area contributed by atoms with Gasteiger partial charge in [0.15, 0.2) is 5.82 Å². The first-order valence-electron chi connectivity index (χ1n) is 11.1. The average molecular weight is 539 g/mol. The summed E-state index contributed by atoms with van der Waals surface area (Å²) in [4.78, 5) is 8.33. The Labute approximate surface area is 214 Å². The molecular formula is C22H27ClN6O6S. The zero-order valence-corrected chi connectivity index (χ0v) is 21.8. The molecule has 2 unspecified atom stereocenters. The molecule has 1 aliphatic heterocycles. The molecular weight excluding hydrogens is 512 g/mol. The summed E-state index contributed by atoms with van der Waals surface area (Å²) in [5, 5.41) is 7.84. The highest BCUT2D eigenvalue weighted by molar-refractivity contribution is 7.93. The van der Waals surface area contributed by atoms with E-state index in [0.29, 0.717) is 47.1 Å². The molecule has 3 aromatic rings. The van der Waals surface area contributed by atoms with Gasteiger partial charge in [0.1, 0.15) is 29.1 Å². The number of halogens is 1. The Hall–Kier alpha value is -3.00. The van der Waals surface area contributed by atoms with Crippen molar-refractivity contribution in [2.75, 3.05) is 38.8 Å². The standard InChI is InChI=1S/C22H27ClN6O6S/c1-13(20-24-10-15(23)11-25-20)14(2)36(30,31)28-22-27-26-21(18-12-34-8-9-35-18)29(22)19-16(32-3)6-5-7-17(19)33-4/h5-7,10-11,13-14,18H,8-9,12H2,1-4H3,(H,27,28)/t13?,14?,18-/m0/s1. The van der Waals surface area contributed by atoms with Crippen LogP contribution >= 0.6 is 11.6 Å². The van der Waals surface area contributed by atoms with Crippen molar-refractivity contribution in [1.82, 2.24) is 24.7 Å². The second-order valence-electron chi connectivity index (χ2n) is 8.06. The maximum Gasteiger partial charge on any atom is 0.243 e. The fourth-order valence-electron chi connectivity index (χ4n) is 3.74. The van der Waals surface area contributed by atoms with Gasteiger partial charge in [0.25, 0.3) is 0 Å². The van der Waals surface area contributed by atoms with Crippen LogP contribution in [0, 0.1) is 0 Å². The van der Waals surface area contributed by atoms with Crippen LogP contribution in [0.1, 0.15) is 37.5 Å². The number of nitrogens with zero attached hydrogens (tertiary/aromatic N) is 5. The number of rotatable bonds is 9. The Morgan fingerprint density at radius 1 is 1.11 bits per heavy atom. The van der Waals surface area contributed by atoms with Crippen LogP contribution in [0.5, 0.6) is 11.5 Å². The predicted octanol–water partition coefficient (Wildman–Crippen LogP) is 2.75. The molecule has 0 amide bonds. The Bertz CT molecular complexity index is 1270. The summed E-state index contributed by atoms with van der Waals surface area (Å²) in [5.74, 6) is 0.909. The minimum atomic E-state index is -4.00. The number of hydrogen-bond acceptors (Lipinski definition) is 10. The molecule has 194 valence electrons. The largest absolute Gasteiger partial charge is 0.494 e. The third-order valence-electron chi connectivity index (χ3n) is 5.89. The Balaban J connectivity index is 1.77. The molecule has 2 aromatic heterocycles. The molecule has 1 aromatic carbocycles. The van der Waals surface area contributed by atoms with E-state index in [1.807, 2.05) is 0 Å². The molecule has 0 bridgehead atoms. The van der Waals surface area contributed by atoms with E-state index in [9.17, 15) is 8.42 Å². The van der Waals surface area contributed by atoms with Crippen LogP contribution in [0.25, 0.3) is 5.69 Å². The number of sulfonamides is 1. The van der Waals surface area contributed by atoms with Gasteiger partial charge in [-0.1, -0.05) is 24.6 Å². The first-order chi connectivity index (χ1) is 17.3. The fourth-order valence-corrected chi connectivity index (χ4v) is 5.07. The minimum Gasteiger partial charge on any atom is -0.494 e. The van der Waals surface area contributed by atoms with Crippen LogP contribution in [-0.2, 0) is 19.5 Å².